The summed E-state index contributed by atoms with van der Waals surface area (Å²) in [6.45, 7) is 8.47. The molecule has 188 valence electrons. The highest BCUT2D eigenvalue weighted by Gasteiger charge is 2.42. The number of anilines is 1. The Balaban J connectivity index is 1.64. The topological polar surface area (TPSA) is 59.4 Å². The Hall–Kier alpha value is -3.97. The Bertz CT molecular complexity index is 1480. The highest BCUT2D eigenvalue weighted by atomic mass is 32.1. The van der Waals surface area contributed by atoms with Crippen molar-refractivity contribution in [1.82, 2.24) is 14.9 Å². The number of carbonyl (C=O) groups excluding carboxylic acids is 1. The Kier molecular flexibility index (Phi) is 6.56. The smallest absolute Gasteiger partial charge is 0.337 e. The monoisotopic (exact) mass is 510 g/mol. The summed E-state index contributed by atoms with van der Waals surface area (Å²) in [7, 11) is 1.39. The predicted octanol–water partition coefficient (Wildman–Crippen LogP) is 6.07. The van der Waals surface area contributed by atoms with E-state index in [1.54, 1.807) is 12.1 Å². The number of benzene rings is 2. The van der Waals surface area contributed by atoms with Crippen LogP contribution in [0.25, 0.3) is 5.69 Å². The summed E-state index contributed by atoms with van der Waals surface area (Å²) in [5.74, 6) is -0.346. The van der Waals surface area contributed by atoms with Crippen LogP contribution in [0, 0.1) is 27.7 Å². The molecule has 0 radical (unpaired) electrons. The van der Waals surface area contributed by atoms with Crippen molar-refractivity contribution < 1.29 is 9.53 Å². The van der Waals surface area contributed by atoms with Gasteiger partial charge in [0.1, 0.15) is 0 Å². The van der Waals surface area contributed by atoms with Crippen LogP contribution in [0.5, 0.6) is 0 Å². The standard InChI is InChI=1S/C30H30N4O2S/c1-18-9-12-24(16-19(18)2)34-28(27(32-30(34)37)26-8-6-7-15-31-26)25-17-20(3)33(21(25)4)23-13-10-22(11-14-23)29(35)36-5/h6-17,27-28H,1-5H3,(H,32,37)/t27-,28-/m1/s1. The van der Waals surface area contributed by atoms with E-state index in [0.717, 1.165) is 34.0 Å². The summed E-state index contributed by atoms with van der Waals surface area (Å²) in [4.78, 5) is 18.8. The zero-order chi connectivity index (χ0) is 26.3. The third-order valence-corrected chi connectivity index (χ3v) is 7.52. The second-order valence-electron chi connectivity index (χ2n) is 9.47. The molecule has 0 aliphatic carbocycles. The quantitative estimate of drug-likeness (QED) is 0.260. The first-order valence-corrected chi connectivity index (χ1v) is 12.7. The maximum Gasteiger partial charge on any atom is 0.337 e. The molecule has 1 saturated heterocycles. The number of carbonyl (C=O) groups is 1. The Morgan fingerprint density at radius 1 is 0.946 bits per heavy atom. The molecule has 3 heterocycles. The van der Waals surface area contributed by atoms with Gasteiger partial charge < -0.3 is 19.5 Å². The lowest BCUT2D eigenvalue weighted by Crippen LogP contribution is -2.29. The van der Waals surface area contributed by atoms with Crippen molar-refractivity contribution in [1.29, 1.82) is 0 Å². The molecule has 0 bridgehead atoms. The number of hydrogen-bond acceptors (Lipinski definition) is 4. The van der Waals surface area contributed by atoms with Crippen LogP contribution in [0.15, 0.2) is 72.9 Å². The van der Waals surface area contributed by atoms with Crippen LogP contribution in [0.2, 0.25) is 0 Å². The molecule has 0 saturated carbocycles. The van der Waals surface area contributed by atoms with Crippen molar-refractivity contribution in [2.75, 3.05) is 12.0 Å². The van der Waals surface area contributed by atoms with E-state index in [1.165, 1.54) is 18.2 Å². The summed E-state index contributed by atoms with van der Waals surface area (Å²) in [5, 5.41) is 4.23. The maximum atomic E-state index is 11.9. The molecule has 0 amide bonds. The van der Waals surface area contributed by atoms with Crippen molar-refractivity contribution in [2.24, 2.45) is 0 Å². The lowest BCUT2D eigenvalue weighted by molar-refractivity contribution is 0.0600. The van der Waals surface area contributed by atoms with Crippen molar-refractivity contribution in [2.45, 2.75) is 39.8 Å². The van der Waals surface area contributed by atoms with E-state index in [2.05, 4.69) is 71.7 Å². The van der Waals surface area contributed by atoms with Gasteiger partial charge in [-0.1, -0.05) is 12.1 Å². The lowest BCUT2D eigenvalue weighted by Gasteiger charge is -2.28. The lowest BCUT2D eigenvalue weighted by atomic mass is 9.96. The van der Waals surface area contributed by atoms with Crippen LogP contribution in [-0.2, 0) is 4.74 Å². The minimum absolute atomic E-state index is 0.0983. The third kappa shape index (κ3) is 4.40. The van der Waals surface area contributed by atoms with E-state index in [0.29, 0.717) is 10.7 Å². The van der Waals surface area contributed by atoms with E-state index < -0.39 is 0 Å². The number of methoxy groups -OCH3 is 1. The number of aromatic nitrogens is 2. The molecule has 2 aromatic heterocycles. The van der Waals surface area contributed by atoms with Crippen molar-refractivity contribution in [3.05, 3.63) is 112 Å². The van der Waals surface area contributed by atoms with Crippen molar-refractivity contribution in [3.8, 4) is 5.69 Å². The fraction of sp³-hybridized carbons (Fsp3) is 0.233. The second-order valence-corrected chi connectivity index (χ2v) is 9.85. The first-order valence-electron chi connectivity index (χ1n) is 12.3. The van der Waals surface area contributed by atoms with E-state index in [9.17, 15) is 4.79 Å². The van der Waals surface area contributed by atoms with E-state index in [1.807, 2.05) is 36.5 Å². The summed E-state index contributed by atoms with van der Waals surface area (Å²) in [5.41, 5.74) is 9.32. The van der Waals surface area contributed by atoms with Gasteiger partial charge in [-0.3, -0.25) is 4.98 Å². The molecule has 0 unspecified atom stereocenters. The first kappa shape index (κ1) is 24.7. The van der Waals surface area contributed by atoms with Gasteiger partial charge in [0.2, 0.25) is 0 Å². The summed E-state index contributed by atoms with van der Waals surface area (Å²) in [6, 6.07) is 22.0. The zero-order valence-electron chi connectivity index (χ0n) is 21.6. The van der Waals surface area contributed by atoms with Crippen LogP contribution >= 0.6 is 12.2 Å². The molecule has 1 fully saturated rings. The molecular weight excluding hydrogens is 480 g/mol. The van der Waals surface area contributed by atoms with Gasteiger partial charge in [-0.2, -0.15) is 0 Å². The van der Waals surface area contributed by atoms with Gasteiger partial charge >= 0.3 is 5.97 Å². The van der Waals surface area contributed by atoms with E-state index >= 15 is 0 Å². The van der Waals surface area contributed by atoms with E-state index in [-0.39, 0.29) is 18.1 Å². The second kappa shape index (κ2) is 9.82. The number of aryl methyl sites for hydroxylation is 3. The van der Waals surface area contributed by atoms with Crippen LogP contribution in [0.1, 0.15) is 56.2 Å². The number of nitrogens with zero attached hydrogens (tertiary/aromatic N) is 3. The highest BCUT2D eigenvalue weighted by molar-refractivity contribution is 7.80. The average molecular weight is 511 g/mol. The molecule has 1 aliphatic heterocycles. The fourth-order valence-electron chi connectivity index (χ4n) is 5.17. The highest BCUT2D eigenvalue weighted by Crippen LogP contribution is 2.44. The first-order chi connectivity index (χ1) is 17.8. The van der Waals surface area contributed by atoms with Gasteiger partial charge in [-0.15, -0.1) is 0 Å². The van der Waals surface area contributed by atoms with Crippen LogP contribution in [0.3, 0.4) is 0 Å². The maximum absolute atomic E-state index is 11.9. The molecule has 37 heavy (non-hydrogen) atoms. The molecular formula is C30H30N4O2S. The van der Waals surface area contributed by atoms with Crippen LogP contribution < -0.4 is 10.2 Å². The molecule has 7 heteroatoms. The van der Waals surface area contributed by atoms with Crippen molar-refractivity contribution >= 4 is 29.0 Å². The number of esters is 1. The van der Waals surface area contributed by atoms with Gasteiger partial charge in [0.15, 0.2) is 5.11 Å². The van der Waals surface area contributed by atoms with Gasteiger partial charge in [0.05, 0.1) is 30.5 Å². The molecule has 2 aromatic carbocycles. The fourth-order valence-corrected chi connectivity index (χ4v) is 5.52. The Morgan fingerprint density at radius 2 is 1.68 bits per heavy atom. The van der Waals surface area contributed by atoms with Gasteiger partial charge in [0.25, 0.3) is 0 Å². The number of pyridine rings is 1. The van der Waals surface area contributed by atoms with Gasteiger partial charge in [0, 0.05) is 29.0 Å². The summed E-state index contributed by atoms with van der Waals surface area (Å²) < 4.78 is 7.07. The number of hydrogen-bond donors (Lipinski definition) is 1. The van der Waals surface area contributed by atoms with Crippen molar-refractivity contribution in [3.63, 3.8) is 0 Å². The minimum atomic E-state index is -0.346. The van der Waals surface area contributed by atoms with E-state index in [4.69, 9.17) is 17.0 Å². The molecule has 4 aromatic rings. The SMILES string of the molecule is COC(=O)c1ccc(-n2c(C)cc([C@@H]3[C@@H](c4ccccn4)NC(=S)N3c3ccc(C)c(C)c3)c2C)cc1. The normalized spacial score (nSPS) is 17.1. The number of thiocarbonyl (C=S) groups is 1. The predicted molar refractivity (Wildman–Crippen MR) is 150 cm³/mol. The molecule has 1 N–H and O–H groups in total. The number of nitrogens with one attached hydrogen (secondary N) is 1. The van der Waals surface area contributed by atoms with Crippen LogP contribution in [0.4, 0.5) is 5.69 Å². The molecule has 0 spiro atoms. The third-order valence-electron chi connectivity index (χ3n) is 7.20. The average Bonchev–Trinajstić information content (AvgIpc) is 3.40. The number of rotatable bonds is 5. The Morgan fingerprint density at radius 3 is 2.32 bits per heavy atom. The minimum Gasteiger partial charge on any atom is -0.465 e. The molecule has 1 aliphatic rings. The molecule has 6 nitrogen and oxygen atoms in total. The largest absolute Gasteiger partial charge is 0.465 e. The molecule has 5 rings (SSSR count). The van der Waals surface area contributed by atoms with Crippen LogP contribution in [-0.4, -0.2) is 27.7 Å². The summed E-state index contributed by atoms with van der Waals surface area (Å²) >= 11 is 5.92. The zero-order valence-corrected chi connectivity index (χ0v) is 22.5. The van der Waals surface area contributed by atoms with Gasteiger partial charge in [-0.25, -0.2) is 4.79 Å². The summed E-state index contributed by atoms with van der Waals surface area (Å²) in [6.07, 6.45) is 1.82. The Labute approximate surface area is 222 Å². The number of ether oxygens (including phenoxy) is 1. The molecule has 2 atom stereocenters. The van der Waals surface area contributed by atoms with Gasteiger partial charge in [-0.05, 0) is 111 Å².